The Balaban J connectivity index is 2.41. The zero-order chi connectivity index (χ0) is 13.3. The minimum atomic E-state index is -0.376. The van der Waals surface area contributed by atoms with Crippen molar-refractivity contribution in [2.45, 2.75) is 11.8 Å². The molecule has 0 aliphatic carbocycles. The van der Waals surface area contributed by atoms with E-state index in [9.17, 15) is 8.78 Å². The second-order valence-electron chi connectivity index (χ2n) is 4.04. The number of halogens is 4. The molecule has 2 aromatic carbocycles. The van der Waals surface area contributed by atoms with E-state index in [4.69, 9.17) is 11.6 Å². The maximum Gasteiger partial charge on any atom is 0.126 e. The first-order chi connectivity index (χ1) is 8.49. The van der Waals surface area contributed by atoms with Crippen LogP contribution < -0.4 is 0 Å². The van der Waals surface area contributed by atoms with Gasteiger partial charge in [-0.2, -0.15) is 0 Å². The summed E-state index contributed by atoms with van der Waals surface area (Å²) in [5.74, 6) is -0.623. The average Bonchev–Trinajstić information content (AvgIpc) is 2.32. The molecule has 0 spiro atoms. The van der Waals surface area contributed by atoms with Gasteiger partial charge in [0.2, 0.25) is 0 Å². The Hall–Kier alpha value is -0.930. The molecular weight excluding hydrogens is 322 g/mol. The van der Waals surface area contributed by atoms with Crippen LogP contribution in [0.25, 0.3) is 0 Å². The van der Waals surface area contributed by atoms with Crippen molar-refractivity contribution in [3.63, 3.8) is 0 Å². The van der Waals surface area contributed by atoms with Crippen LogP contribution >= 0.6 is 27.5 Å². The second-order valence-corrected chi connectivity index (χ2v) is 5.36. The van der Waals surface area contributed by atoms with Gasteiger partial charge in [0, 0.05) is 5.02 Å². The molecule has 0 heterocycles. The van der Waals surface area contributed by atoms with Crippen molar-refractivity contribution in [1.82, 2.24) is 0 Å². The van der Waals surface area contributed by atoms with E-state index in [0.29, 0.717) is 10.6 Å². The summed E-state index contributed by atoms with van der Waals surface area (Å²) in [6.07, 6.45) is 0. The highest BCUT2D eigenvalue weighted by molar-refractivity contribution is 9.09. The lowest BCUT2D eigenvalue weighted by molar-refractivity contribution is 0.617. The van der Waals surface area contributed by atoms with Crippen molar-refractivity contribution >= 4 is 27.5 Å². The van der Waals surface area contributed by atoms with Gasteiger partial charge in [0.25, 0.3) is 0 Å². The first-order valence-corrected chi connectivity index (χ1v) is 6.63. The molecule has 0 amide bonds. The van der Waals surface area contributed by atoms with Gasteiger partial charge in [0.05, 0.1) is 4.83 Å². The third kappa shape index (κ3) is 2.73. The largest absolute Gasteiger partial charge is 0.207 e. The maximum atomic E-state index is 13.2. The standard InChI is InChI=1S/C14H10BrClF2/c1-8-6-9(2-5-13(8)18)14(15)11-4-3-10(17)7-12(11)16/h2-7,14H,1H3. The molecule has 2 aromatic rings. The van der Waals surface area contributed by atoms with Gasteiger partial charge >= 0.3 is 0 Å². The molecular formula is C14H10BrClF2. The number of benzene rings is 2. The number of rotatable bonds is 2. The highest BCUT2D eigenvalue weighted by Crippen LogP contribution is 2.35. The fourth-order valence-corrected chi connectivity index (χ4v) is 2.80. The Labute approximate surface area is 118 Å². The predicted octanol–water partition coefficient (Wildman–Crippen LogP) is 5.41. The van der Waals surface area contributed by atoms with Crippen LogP contribution in [0, 0.1) is 18.6 Å². The molecule has 4 heteroatoms. The van der Waals surface area contributed by atoms with E-state index in [1.165, 1.54) is 18.2 Å². The van der Waals surface area contributed by atoms with Crippen LogP contribution in [0.1, 0.15) is 21.5 Å². The summed E-state index contributed by atoms with van der Waals surface area (Å²) in [6, 6.07) is 9.08. The van der Waals surface area contributed by atoms with Crippen LogP contribution in [-0.2, 0) is 0 Å². The monoisotopic (exact) mass is 330 g/mol. The van der Waals surface area contributed by atoms with Crippen molar-refractivity contribution in [2.24, 2.45) is 0 Å². The van der Waals surface area contributed by atoms with E-state index in [-0.39, 0.29) is 16.5 Å². The summed E-state index contributed by atoms with van der Waals surface area (Å²) in [6.45, 7) is 1.70. The van der Waals surface area contributed by atoms with Crippen molar-refractivity contribution in [3.05, 3.63) is 69.7 Å². The highest BCUT2D eigenvalue weighted by atomic mass is 79.9. The lowest BCUT2D eigenvalue weighted by atomic mass is 10.0. The lowest BCUT2D eigenvalue weighted by Crippen LogP contribution is -1.96. The SMILES string of the molecule is Cc1cc(C(Br)c2ccc(F)cc2Cl)ccc1F. The molecule has 0 radical (unpaired) electrons. The van der Waals surface area contributed by atoms with Gasteiger partial charge in [-0.3, -0.25) is 0 Å². The zero-order valence-corrected chi connectivity index (χ0v) is 11.9. The normalized spacial score (nSPS) is 12.5. The quantitative estimate of drug-likeness (QED) is 0.645. The van der Waals surface area contributed by atoms with Gasteiger partial charge in [-0.15, -0.1) is 0 Å². The minimum absolute atomic E-state index is 0.190. The zero-order valence-electron chi connectivity index (χ0n) is 9.55. The smallest absolute Gasteiger partial charge is 0.126 e. The third-order valence-corrected chi connectivity index (χ3v) is 4.06. The van der Waals surface area contributed by atoms with Gasteiger partial charge in [-0.25, -0.2) is 8.78 Å². The van der Waals surface area contributed by atoms with Crippen molar-refractivity contribution < 1.29 is 8.78 Å². The third-order valence-electron chi connectivity index (χ3n) is 2.71. The topological polar surface area (TPSA) is 0 Å². The number of hydrogen-bond acceptors (Lipinski definition) is 0. The van der Waals surface area contributed by atoms with E-state index in [2.05, 4.69) is 15.9 Å². The molecule has 18 heavy (non-hydrogen) atoms. The van der Waals surface area contributed by atoms with E-state index < -0.39 is 0 Å². The first-order valence-electron chi connectivity index (χ1n) is 5.34. The summed E-state index contributed by atoms with van der Waals surface area (Å²) >= 11 is 9.50. The molecule has 1 unspecified atom stereocenters. The van der Waals surface area contributed by atoms with Crippen LogP contribution in [0.5, 0.6) is 0 Å². The van der Waals surface area contributed by atoms with Crippen LogP contribution in [0.3, 0.4) is 0 Å². The molecule has 2 rings (SSSR count). The molecule has 0 fully saturated rings. The summed E-state index contributed by atoms with van der Waals surface area (Å²) in [4.78, 5) is -0.190. The molecule has 1 atom stereocenters. The van der Waals surface area contributed by atoms with E-state index in [1.54, 1.807) is 25.1 Å². The molecule has 94 valence electrons. The van der Waals surface area contributed by atoms with Gasteiger partial charge in [-0.05, 0) is 41.8 Å². The van der Waals surface area contributed by atoms with E-state index in [1.807, 2.05) is 0 Å². The molecule has 0 aliphatic rings. The van der Waals surface area contributed by atoms with Crippen LogP contribution in [-0.4, -0.2) is 0 Å². The molecule has 0 nitrogen and oxygen atoms in total. The molecule has 0 saturated heterocycles. The van der Waals surface area contributed by atoms with Crippen molar-refractivity contribution in [3.8, 4) is 0 Å². The first kappa shape index (κ1) is 13.5. The molecule has 0 aliphatic heterocycles. The Morgan fingerprint density at radius 2 is 1.83 bits per heavy atom. The summed E-state index contributed by atoms with van der Waals surface area (Å²) in [5.41, 5.74) is 2.20. The van der Waals surface area contributed by atoms with Crippen LogP contribution in [0.15, 0.2) is 36.4 Å². The number of aryl methyl sites for hydroxylation is 1. The summed E-state index contributed by atoms with van der Waals surface area (Å²) in [5, 5.41) is 0.346. The van der Waals surface area contributed by atoms with Crippen LogP contribution in [0.2, 0.25) is 5.02 Å². The van der Waals surface area contributed by atoms with Crippen LogP contribution in [0.4, 0.5) is 8.78 Å². The minimum Gasteiger partial charge on any atom is -0.207 e. The van der Waals surface area contributed by atoms with Crippen molar-refractivity contribution in [2.75, 3.05) is 0 Å². The lowest BCUT2D eigenvalue weighted by Gasteiger charge is -2.13. The second kappa shape index (κ2) is 5.37. The Morgan fingerprint density at radius 1 is 1.11 bits per heavy atom. The number of hydrogen-bond donors (Lipinski definition) is 0. The molecule has 0 bridgehead atoms. The number of alkyl halides is 1. The Morgan fingerprint density at radius 3 is 2.44 bits per heavy atom. The fraction of sp³-hybridized carbons (Fsp3) is 0.143. The summed E-state index contributed by atoms with van der Waals surface area (Å²) < 4.78 is 26.2. The Bertz CT molecular complexity index is 584. The predicted molar refractivity (Wildman–Crippen MR) is 73.3 cm³/mol. The maximum absolute atomic E-state index is 13.2. The van der Waals surface area contributed by atoms with Crippen molar-refractivity contribution in [1.29, 1.82) is 0 Å². The Kier molecular flexibility index (Phi) is 4.03. The summed E-state index contributed by atoms with van der Waals surface area (Å²) in [7, 11) is 0. The van der Waals surface area contributed by atoms with E-state index >= 15 is 0 Å². The molecule has 0 aromatic heterocycles. The average molecular weight is 332 g/mol. The molecule has 0 saturated carbocycles. The van der Waals surface area contributed by atoms with Gasteiger partial charge < -0.3 is 0 Å². The van der Waals surface area contributed by atoms with Gasteiger partial charge in [0.1, 0.15) is 11.6 Å². The fourth-order valence-electron chi connectivity index (χ4n) is 1.71. The van der Waals surface area contributed by atoms with Gasteiger partial charge in [0.15, 0.2) is 0 Å². The highest BCUT2D eigenvalue weighted by Gasteiger charge is 2.15. The molecule has 0 N–H and O–H groups in total. The van der Waals surface area contributed by atoms with E-state index in [0.717, 1.165) is 11.1 Å². The van der Waals surface area contributed by atoms with Gasteiger partial charge in [-0.1, -0.05) is 45.7 Å².